The van der Waals surface area contributed by atoms with Crippen LogP contribution in [0.15, 0.2) is 34.7 Å². The molecule has 1 fully saturated rings. The topological polar surface area (TPSA) is 68.5 Å². The monoisotopic (exact) mass is 415 g/mol. The van der Waals surface area contributed by atoms with Crippen LogP contribution in [-0.2, 0) is 14.9 Å². The lowest BCUT2D eigenvalue weighted by Gasteiger charge is -2.25. The molecule has 1 aliphatic rings. The van der Waals surface area contributed by atoms with Crippen molar-refractivity contribution in [3.8, 4) is 0 Å². The Kier molecular flexibility index (Phi) is 6.64. The second kappa shape index (κ2) is 9.02. The minimum absolute atomic E-state index is 0.0609. The summed E-state index contributed by atoms with van der Waals surface area (Å²) in [5, 5.41) is 2.99. The number of esters is 1. The van der Waals surface area contributed by atoms with Crippen molar-refractivity contribution in [3.63, 3.8) is 0 Å². The van der Waals surface area contributed by atoms with Crippen molar-refractivity contribution in [3.05, 3.63) is 58.8 Å². The molecule has 1 aliphatic carbocycles. The largest absolute Gasteiger partial charge is 0.453 e. The Morgan fingerprint density at radius 1 is 1.13 bits per heavy atom. The minimum Gasteiger partial charge on any atom is -0.453 e. The lowest BCUT2D eigenvalue weighted by Crippen LogP contribution is -2.40. The third kappa shape index (κ3) is 5.29. The Morgan fingerprint density at radius 3 is 2.33 bits per heavy atom. The molecule has 3 rings (SSSR count). The standard InChI is InChI=1S/C24H30FNO4/c1-15-14-19(24(2,3)4)29-20(15)23(28)30-21(16-10-12-17(25)13-11-16)22(27)26-18-8-6-5-7-9-18/h10-14,18,21H,5-9H2,1-4H3,(H,26,27). The summed E-state index contributed by atoms with van der Waals surface area (Å²) in [5.74, 6) is -0.791. The molecule has 1 amide bonds. The molecule has 1 N–H and O–H groups in total. The van der Waals surface area contributed by atoms with E-state index >= 15 is 0 Å². The van der Waals surface area contributed by atoms with Gasteiger partial charge in [0, 0.05) is 22.6 Å². The molecule has 0 aliphatic heterocycles. The Balaban J connectivity index is 1.83. The van der Waals surface area contributed by atoms with Gasteiger partial charge >= 0.3 is 5.97 Å². The average Bonchev–Trinajstić information content (AvgIpc) is 3.10. The first-order chi connectivity index (χ1) is 14.1. The number of rotatable bonds is 5. The number of amides is 1. The van der Waals surface area contributed by atoms with Crippen LogP contribution in [0.2, 0.25) is 0 Å². The van der Waals surface area contributed by atoms with Crippen molar-refractivity contribution in [2.45, 2.75) is 77.4 Å². The fraction of sp³-hybridized carbons (Fsp3) is 0.500. The van der Waals surface area contributed by atoms with E-state index < -0.39 is 23.8 Å². The molecule has 5 nitrogen and oxygen atoms in total. The van der Waals surface area contributed by atoms with Crippen LogP contribution in [0.25, 0.3) is 0 Å². The van der Waals surface area contributed by atoms with E-state index in [2.05, 4.69) is 5.32 Å². The van der Waals surface area contributed by atoms with Gasteiger partial charge in [-0.3, -0.25) is 4.79 Å². The fourth-order valence-corrected chi connectivity index (χ4v) is 3.65. The third-order valence-electron chi connectivity index (χ3n) is 5.43. The lowest BCUT2D eigenvalue weighted by atomic mass is 9.93. The number of hydrogen-bond acceptors (Lipinski definition) is 4. The van der Waals surface area contributed by atoms with Gasteiger partial charge in [0.25, 0.3) is 5.91 Å². The van der Waals surface area contributed by atoms with Gasteiger partial charge in [-0.15, -0.1) is 0 Å². The summed E-state index contributed by atoms with van der Waals surface area (Å²) in [5.41, 5.74) is 0.798. The number of aryl methyl sites for hydroxylation is 1. The first-order valence-electron chi connectivity index (χ1n) is 10.5. The first-order valence-corrected chi connectivity index (χ1v) is 10.5. The fourth-order valence-electron chi connectivity index (χ4n) is 3.65. The number of carbonyl (C=O) groups excluding carboxylic acids is 2. The number of ether oxygens (including phenoxy) is 1. The van der Waals surface area contributed by atoms with Crippen molar-refractivity contribution < 1.29 is 23.1 Å². The maximum Gasteiger partial charge on any atom is 0.375 e. The zero-order chi connectivity index (χ0) is 21.9. The Labute approximate surface area is 177 Å². The maximum atomic E-state index is 13.4. The predicted molar refractivity (Wildman–Crippen MR) is 112 cm³/mol. The van der Waals surface area contributed by atoms with Gasteiger partial charge in [0.05, 0.1) is 0 Å². The van der Waals surface area contributed by atoms with Crippen molar-refractivity contribution >= 4 is 11.9 Å². The average molecular weight is 416 g/mol. The molecule has 0 bridgehead atoms. The van der Waals surface area contributed by atoms with E-state index in [9.17, 15) is 14.0 Å². The second-order valence-electron chi connectivity index (χ2n) is 9.05. The van der Waals surface area contributed by atoms with Crippen LogP contribution >= 0.6 is 0 Å². The van der Waals surface area contributed by atoms with E-state index in [0.717, 1.165) is 32.1 Å². The summed E-state index contributed by atoms with van der Waals surface area (Å²) >= 11 is 0. The number of hydrogen-bond donors (Lipinski definition) is 1. The molecular weight excluding hydrogens is 385 g/mol. The molecule has 162 valence electrons. The molecule has 1 unspecified atom stereocenters. The molecule has 30 heavy (non-hydrogen) atoms. The van der Waals surface area contributed by atoms with E-state index in [1.54, 1.807) is 6.92 Å². The lowest BCUT2D eigenvalue weighted by molar-refractivity contribution is -0.131. The number of nitrogens with one attached hydrogen (secondary N) is 1. The molecule has 1 saturated carbocycles. The normalized spacial score (nSPS) is 16.2. The molecule has 1 heterocycles. The molecule has 1 atom stereocenters. The van der Waals surface area contributed by atoms with Crippen molar-refractivity contribution in [2.75, 3.05) is 0 Å². The molecule has 2 aromatic rings. The maximum absolute atomic E-state index is 13.4. The van der Waals surface area contributed by atoms with Crippen LogP contribution in [0.1, 0.15) is 86.4 Å². The summed E-state index contributed by atoms with van der Waals surface area (Å²) in [6.07, 6.45) is 3.92. The quantitative estimate of drug-likeness (QED) is 0.667. The van der Waals surface area contributed by atoms with Gasteiger partial charge < -0.3 is 14.5 Å². The van der Waals surface area contributed by atoms with Crippen molar-refractivity contribution in [1.29, 1.82) is 0 Å². The van der Waals surface area contributed by atoms with Crippen LogP contribution in [0, 0.1) is 12.7 Å². The molecule has 1 aromatic heterocycles. The highest BCUT2D eigenvalue weighted by molar-refractivity contribution is 5.92. The van der Waals surface area contributed by atoms with Gasteiger partial charge in [0.15, 0.2) is 0 Å². The summed E-state index contributed by atoms with van der Waals surface area (Å²) < 4.78 is 24.8. The number of benzene rings is 1. The number of furan rings is 1. The van der Waals surface area contributed by atoms with Gasteiger partial charge in [-0.1, -0.05) is 52.2 Å². The van der Waals surface area contributed by atoms with Crippen LogP contribution in [-0.4, -0.2) is 17.9 Å². The van der Waals surface area contributed by atoms with E-state index in [1.165, 1.54) is 24.3 Å². The molecule has 0 saturated heterocycles. The Hall–Kier alpha value is -2.63. The Bertz CT molecular complexity index is 889. The van der Waals surface area contributed by atoms with Gasteiger partial charge in [0.1, 0.15) is 11.6 Å². The highest BCUT2D eigenvalue weighted by atomic mass is 19.1. The van der Waals surface area contributed by atoms with Gasteiger partial charge in [-0.25, -0.2) is 9.18 Å². The number of halogens is 1. The van der Waals surface area contributed by atoms with E-state index in [-0.39, 0.29) is 17.2 Å². The molecule has 0 spiro atoms. The zero-order valence-corrected chi connectivity index (χ0v) is 18.1. The SMILES string of the molecule is Cc1cc(C(C)(C)C)oc1C(=O)OC(C(=O)NC1CCCCC1)c1ccc(F)cc1. The third-order valence-corrected chi connectivity index (χ3v) is 5.43. The van der Waals surface area contributed by atoms with E-state index in [0.29, 0.717) is 16.9 Å². The zero-order valence-electron chi connectivity index (χ0n) is 18.1. The van der Waals surface area contributed by atoms with Crippen molar-refractivity contribution in [2.24, 2.45) is 0 Å². The summed E-state index contributed by atoms with van der Waals surface area (Å²) in [4.78, 5) is 25.9. The van der Waals surface area contributed by atoms with Crippen molar-refractivity contribution in [1.82, 2.24) is 5.32 Å². The smallest absolute Gasteiger partial charge is 0.375 e. The number of carbonyl (C=O) groups is 2. The predicted octanol–water partition coefficient (Wildman–Crippen LogP) is 5.37. The first kappa shape index (κ1) is 22.1. The molecule has 6 heteroatoms. The molecule has 0 radical (unpaired) electrons. The molecule has 1 aromatic carbocycles. The Morgan fingerprint density at radius 2 is 1.77 bits per heavy atom. The van der Waals surface area contributed by atoms with Crippen LogP contribution in [0.4, 0.5) is 4.39 Å². The van der Waals surface area contributed by atoms with Gasteiger partial charge in [-0.05, 0) is 38.0 Å². The highest BCUT2D eigenvalue weighted by Gasteiger charge is 2.31. The summed E-state index contributed by atoms with van der Waals surface area (Å²) in [6.45, 7) is 7.72. The van der Waals surface area contributed by atoms with Gasteiger partial charge in [-0.2, -0.15) is 0 Å². The molecular formula is C24H30FNO4. The van der Waals surface area contributed by atoms with E-state index in [1.807, 2.05) is 26.8 Å². The van der Waals surface area contributed by atoms with Gasteiger partial charge in [0.2, 0.25) is 11.9 Å². The van der Waals surface area contributed by atoms with Crippen LogP contribution < -0.4 is 5.32 Å². The summed E-state index contributed by atoms with van der Waals surface area (Å²) in [6, 6.07) is 7.30. The van der Waals surface area contributed by atoms with Crippen LogP contribution in [0.5, 0.6) is 0 Å². The minimum atomic E-state index is -1.18. The van der Waals surface area contributed by atoms with Crippen LogP contribution in [0.3, 0.4) is 0 Å². The second-order valence-corrected chi connectivity index (χ2v) is 9.05. The van der Waals surface area contributed by atoms with E-state index in [4.69, 9.17) is 9.15 Å². The highest BCUT2D eigenvalue weighted by Crippen LogP contribution is 2.29. The summed E-state index contributed by atoms with van der Waals surface area (Å²) in [7, 11) is 0.